The van der Waals surface area contributed by atoms with Crippen LogP contribution in [0.5, 0.6) is 0 Å². The van der Waals surface area contributed by atoms with Crippen molar-refractivity contribution in [2.24, 2.45) is 0 Å². The van der Waals surface area contributed by atoms with E-state index in [2.05, 4.69) is 0 Å². The number of hydrogen-bond acceptors (Lipinski definition) is 3. The van der Waals surface area contributed by atoms with Gasteiger partial charge in [-0.05, 0) is 5.56 Å². The van der Waals surface area contributed by atoms with Crippen molar-refractivity contribution in [3.63, 3.8) is 0 Å². The van der Waals surface area contributed by atoms with E-state index in [1.54, 1.807) is 24.3 Å². The third-order valence-corrected chi connectivity index (χ3v) is 2.31. The first-order chi connectivity index (χ1) is 8.06. The molecule has 0 unspecified atom stereocenters. The van der Waals surface area contributed by atoms with E-state index in [-0.39, 0.29) is 12.5 Å². The fourth-order valence-corrected chi connectivity index (χ4v) is 1.49. The summed E-state index contributed by atoms with van der Waals surface area (Å²) in [4.78, 5) is 23.6. The number of carboxylic acid groups (broad SMARTS) is 1. The average Bonchev–Trinajstić information content (AvgIpc) is 2.30. The van der Waals surface area contributed by atoms with Crippen molar-refractivity contribution < 1.29 is 19.4 Å². The molecule has 1 amide bonds. The van der Waals surface area contributed by atoms with Crippen LogP contribution in [0.15, 0.2) is 30.3 Å². The van der Waals surface area contributed by atoms with Gasteiger partial charge in [0.2, 0.25) is 0 Å². The van der Waals surface area contributed by atoms with Gasteiger partial charge in [-0.15, -0.1) is 0 Å². The Balaban J connectivity index is 2.81. The normalized spacial score (nSPS) is 11.9. The second-order valence-corrected chi connectivity index (χ2v) is 3.61. The molecule has 1 N–H and O–H groups in total. The number of carbonyl (C=O) groups is 2. The molecule has 0 fully saturated rings. The topological polar surface area (TPSA) is 66.8 Å². The van der Waals surface area contributed by atoms with Gasteiger partial charge < -0.3 is 14.7 Å². The van der Waals surface area contributed by atoms with Crippen molar-refractivity contribution in [1.82, 2.24) is 4.90 Å². The second kappa shape index (κ2) is 6.00. The lowest BCUT2D eigenvalue weighted by molar-refractivity contribution is -0.148. The predicted octanol–water partition coefficient (Wildman–Crippen LogP) is 0.917. The molecular weight excluding hydrogens is 222 g/mol. The highest BCUT2D eigenvalue weighted by Gasteiger charge is 2.24. The SMILES string of the molecule is CO[C@@H](C(=O)N(C)CC(=O)O)c1ccccc1. The first-order valence-electron chi connectivity index (χ1n) is 5.10. The maximum absolute atomic E-state index is 11.9. The first-order valence-corrected chi connectivity index (χ1v) is 5.10. The fraction of sp³-hybridized carbons (Fsp3) is 0.333. The third-order valence-electron chi connectivity index (χ3n) is 2.31. The Labute approximate surface area is 99.6 Å². The van der Waals surface area contributed by atoms with Gasteiger partial charge in [0, 0.05) is 14.2 Å². The molecule has 92 valence electrons. The minimum atomic E-state index is -1.05. The molecule has 1 aromatic rings. The number of benzene rings is 1. The van der Waals surface area contributed by atoms with Gasteiger partial charge >= 0.3 is 5.97 Å². The van der Waals surface area contributed by atoms with Gasteiger partial charge in [-0.3, -0.25) is 9.59 Å². The molecule has 0 aliphatic carbocycles. The zero-order chi connectivity index (χ0) is 12.8. The fourth-order valence-electron chi connectivity index (χ4n) is 1.49. The van der Waals surface area contributed by atoms with Crippen LogP contribution < -0.4 is 0 Å². The van der Waals surface area contributed by atoms with Crippen molar-refractivity contribution in [3.05, 3.63) is 35.9 Å². The Bertz CT molecular complexity index is 391. The Morgan fingerprint density at radius 3 is 2.41 bits per heavy atom. The van der Waals surface area contributed by atoms with Crippen molar-refractivity contribution in [2.75, 3.05) is 20.7 Å². The molecular formula is C12H15NO4. The maximum Gasteiger partial charge on any atom is 0.323 e. The number of likely N-dealkylation sites (N-methyl/N-ethyl adjacent to an activating group) is 1. The van der Waals surface area contributed by atoms with Crippen molar-refractivity contribution in [3.8, 4) is 0 Å². The zero-order valence-corrected chi connectivity index (χ0v) is 9.79. The quantitative estimate of drug-likeness (QED) is 0.826. The Morgan fingerprint density at radius 2 is 1.94 bits per heavy atom. The first kappa shape index (κ1) is 13.2. The van der Waals surface area contributed by atoms with E-state index in [4.69, 9.17) is 9.84 Å². The summed E-state index contributed by atoms with van der Waals surface area (Å²) in [5, 5.41) is 8.62. The predicted molar refractivity (Wildman–Crippen MR) is 61.5 cm³/mol. The number of carboxylic acids is 1. The summed E-state index contributed by atoms with van der Waals surface area (Å²) in [6.07, 6.45) is -0.763. The molecule has 0 aromatic heterocycles. The number of carbonyl (C=O) groups excluding carboxylic acids is 1. The van der Waals surface area contributed by atoms with Crippen molar-refractivity contribution in [2.45, 2.75) is 6.10 Å². The summed E-state index contributed by atoms with van der Waals surface area (Å²) < 4.78 is 5.12. The van der Waals surface area contributed by atoms with Crippen LogP contribution in [0.1, 0.15) is 11.7 Å². The lowest BCUT2D eigenvalue weighted by atomic mass is 10.1. The Morgan fingerprint density at radius 1 is 1.35 bits per heavy atom. The summed E-state index contributed by atoms with van der Waals surface area (Å²) in [6.45, 7) is -0.342. The lowest BCUT2D eigenvalue weighted by Crippen LogP contribution is -2.36. The van der Waals surface area contributed by atoms with Crippen LogP contribution in [0, 0.1) is 0 Å². The largest absolute Gasteiger partial charge is 0.480 e. The maximum atomic E-state index is 11.9. The van der Waals surface area contributed by atoms with E-state index in [1.807, 2.05) is 6.07 Å². The molecule has 0 radical (unpaired) electrons. The van der Waals surface area contributed by atoms with E-state index < -0.39 is 12.1 Å². The lowest BCUT2D eigenvalue weighted by Gasteiger charge is -2.21. The van der Waals surface area contributed by atoms with E-state index in [0.29, 0.717) is 5.56 Å². The number of aliphatic carboxylic acids is 1. The molecule has 5 nitrogen and oxygen atoms in total. The molecule has 1 atom stereocenters. The third kappa shape index (κ3) is 3.57. The van der Waals surface area contributed by atoms with Gasteiger partial charge in [-0.2, -0.15) is 0 Å². The molecule has 5 heteroatoms. The molecule has 0 aliphatic rings. The molecule has 0 spiro atoms. The van der Waals surface area contributed by atoms with E-state index >= 15 is 0 Å². The van der Waals surface area contributed by atoms with Crippen LogP contribution in [0.2, 0.25) is 0 Å². The highest BCUT2D eigenvalue weighted by atomic mass is 16.5. The number of nitrogens with zero attached hydrogens (tertiary/aromatic N) is 1. The van der Waals surface area contributed by atoms with Crippen LogP contribution in [0.3, 0.4) is 0 Å². The molecule has 17 heavy (non-hydrogen) atoms. The smallest absolute Gasteiger partial charge is 0.323 e. The van der Waals surface area contributed by atoms with Gasteiger partial charge in [-0.1, -0.05) is 30.3 Å². The molecule has 0 bridgehead atoms. The summed E-state index contributed by atoms with van der Waals surface area (Å²) >= 11 is 0. The van der Waals surface area contributed by atoms with E-state index in [9.17, 15) is 9.59 Å². The number of hydrogen-bond donors (Lipinski definition) is 1. The highest BCUT2D eigenvalue weighted by Crippen LogP contribution is 2.18. The molecule has 1 rings (SSSR count). The van der Waals surface area contributed by atoms with Crippen LogP contribution in [0.25, 0.3) is 0 Å². The van der Waals surface area contributed by atoms with Crippen molar-refractivity contribution in [1.29, 1.82) is 0 Å². The van der Waals surface area contributed by atoms with Crippen LogP contribution in [0.4, 0.5) is 0 Å². The van der Waals surface area contributed by atoms with Crippen molar-refractivity contribution >= 4 is 11.9 Å². The van der Waals surface area contributed by atoms with Gasteiger partial charge in [0.25, 0.3) is 5.91 Å². The van der Waals surface area contributed by atoms with E-state index in [1.165, 1.54) is 14.2 Å². The molecule has 0 saturated heterocycles. The number of amides is 1. The number of ether oxygens (including phenoxy) is 1. The molecule has 0 aliphatic heterocycles. The minimum Gasteiger partial charge on any atom is -0.480 e. The van der Waals surface area contributed by atoms with Crippen LogP contribution >= 0.6 is 0 Å². The average molecular weight is 237 g/mol. The highest BCUT2D eigenvalue weighted by molar-refractivity contribution is 5.85. The van der Waals surface area contributed by atoms with Crippen LogP contribution in [-0.4, -0.2) is 42.6 Å². The van der Waals surface area contributed by atoms with Crippen LogP contribution in [-0.2, 0) is 14.3 Å². The van der Waals surface area contributed by atoms with Gasteiger partial charge in [-0.25, -0.2) is 0 Å². The van der Waals surface area contributed by atoms with Gasteiger partial charge in [0.1, 0.15) is 6.54 Å². The Kier molecular flexibility index (Phi) is 4.66. The summed E-state index contributed by atoms with van der Waals surface area (Å²) in [7, 11) is 2.86. The summed E-state index contributed by atoms with van der Waals surface area (Å²) in [6, 6.07) is 8.96. The number of rotatable bonds is 5. The summed E-state index contributed by atoms with van der Waals surface area (Å²) in [5.41, 5.74) is 0.706. The molecule has 1 aromatic carbocycles. The molecule has 0 saturated carbocycles. The second-order valence-electron chi connectivity index (χ2n) is 3.61. The monoisotopic (exact) mass is 237 g/mol. The van der Waals surface area contributed by atoms with E-state index in [0.717, 1.165) is 4.90 Å². The zero-order valence-electron chi connectivity index (χ0n) is 9.79. The number of methoxy groups -OCH3 is 1. The molecule has 0 heterocycles. The van der Waals surface area contributed by atoms with Gasteiger partial charge in [0.15, 0.2) is 6.10 Å². The van der Waals surface area contributed by atoms with Gasteiger partial charge in [0.05, 0.1) is 0 Å². The summed E-state index contributed by atoms with van der Waals surface area (Å²) in [5.74, 6) is -1.43. The minimum absolute atomic E-state index is 0.342. The Hall–Kier alpha value is -1.88. The standard InChI is InChI=1S/C12H15NO4/c1-13(8-10(14)15)12(16)11(17-2)9-6-4-3-5-7-9/h3-7,11H,8H2,1-2H3,(H,14,15)/t11-/m1/s1.